The molecule has 0 bridgehead atoms. The van der Waals surface area contributed by atoms with Crippen LogP contribution in [0.1, 0.15) is 35.3 Å². The SMILES string of the molecule is COCCNC1(c2nc3c(s2)CCC3)CC(C)N(C)C1. The van der Waals surface area contributed by atoms with Crippen LogP contribution in [0.3, 0.4) is 0 Å². The van der Waals surface area contributed by atoms with Crippen LogP contribution in [0.5, 0.6) is 0 Å². The molecule has 2 heterocycles. The van der Waals surface area contributed by atoms with Crippen molar-refractivity contribution in [3.05, 3.63) is 15.6 Å². The zero-order valence-electron chi connectivity index (χ0n) is 12.7. The fourth-order valence-electron chi connectivity index (χ4n) is 3.45. The van der Waals surface area contributed by atoms with Crippen molar-refractivity contribution in [2.45, 2.75) is 44.2 Å². The third-order valence-corrected chi connectivity index (χ3v) is 6.05. The van der Waals surface area contributed by atoms with Gasteiger partial charge in [0.25, 0.3) is 0 Å². The van der Waals surface area contributed by atoms with Crippen molar-refractivity contribution in [3.8, 4) is 0 Å². The number of likely N-dealkylation sites (N-methyl/N-ethyl adjacent to an activating group) is 1. The molecular weight excluding hydrogens is 270 g/mol. The molecule has 1 aliphatic carbocycles. The average Bonchev–Trinajstić information content (AvgIpc) is 3.05. The molecule has 0 spiro atoms. The number of nitrogens with zero attached hydrogens (tertiary/aromatic N) is 2. The third kappa shape index (κ3) is 2.52. The Morgan fingerprint density at radius 2 is 2.35 bits per heavy atom. The van der Waals surface area contributed by atoms with Crippen LogP contribution >= 0.6 is 11.3 Å². The van der Waals surface area contributed by atoms with Gasteiger partial charge >= 0.3 is 0 Å². The van der Waals surface area contributed by atoms with Crippen LogP contribution in [0.4, 0.5) is 0 Å². The van der Waals surface area contributed by atoms with Crippen molar-refractivity contribution >= 4 is 11.3 Å². The van der Waals surface area contributed by atoms with Gasteiger partial charge in [-0.1, -0.05) is 0 Å². The van der Waals surface area contributed by atoms with E-state index >= 15 is 0 Å². The predicted molar refractivity (Wildman–Crippen MR) is 82.4 cm³/mol. The van der Waals surface area contributed by atoms with Gasteiger partial charge in [0.05, 0.1) is 17.8 Å². The van der Waals surface area contributed by atoms with E-state index in [1.807, 2.05) is 11.3 Å². The lowest BCUT2D eigenvalue weighted by Gasteiger charge is -2.28. The number of nitrogens with one attached hydrogen (secondary N) is 1. The minimum Gasteiger partial charge on any atom is -0.383 e. The van der Waals surface area contributed by atoms with E-state index in [4.69, 9.17) is 9.72 Å². The molecule has 0 saturated carbocycles. The lowest BCUT2D eigenvalue weighted by Crippen LogP contribution is -2.45. The largest absolute Gasteiger partial charge is 0.383 e. The Balaban J connectivity index is 1.84. The van der Waals surface area contributed by atoms with Gasteiger partial charge in [0.1, 0.15) is 5.01 Å². The summed E-state index contributed by atoms with van der Waals surface area (Å²) in [4.78, 5) is 8.94. The molecular formula is C15H25N3OS. The van der Waals surface area contributed by atoms with Crippen LogP contribution < -0.4 is 5.32 Å². The molecule has 0 aromatic carbocycles. The number of methoxy groups -OCH3 is 1. The molecule has 1 fully saturated rings. The maximum Gasteiger partial charge on any atom is 0.115 e. The molecule has 20 heavy (non-hydrogen) atoms. The normalized spacial score (nSPS) is 30.1. The number of fused-ring (bicyclic) bond motifs is 1. The molecule has 5 heteroatoms. The zero-order valence-corrected chi connectivity index (χ0v) is 13.6. The molecule has 2 aliphatic rings. The van der Waals surface area contributed by atoms with Gasteiger partial charge in [0.2, 0.25) is 0 Å². The van der Waals surface area contributed by atoms with Crippen molar-refractivity contribution in [1.82, 2.24) is 15.2 Å². The first-order chi connectivity index (χ1) is 9.64. The Hall–Kier alpha value is -0.490. The molecule has 1 aromatic heterocycles. The summed E-state index contributed by atoms with van der Waals surface area (Å²) in [5.41, 5.74) is 1.39. The van der Waals surface area contributed by atoms with Gasteiger partial charge in [0.15, 0.2) is 0 Å². The summed E-state index contributed by atoms with van der Waals surface area (Å²) in [5, 5.41) is 5.04. The van der Waals surface area contributed by atoms with Crippen molar-refractivity contribution in [3.63, 3.8) is 0 Å². The molecule has 2 unspecified atom stereocenters. The van der Waals surface area contributed by atoms with Gasteiger partial charge in [-0.3, -0.25) is 0 Å². The molecule has 0 radical (unpaired) electrons. The maximum atomic E-state index is 5.20. The lowest BCUT2D eigenvalue weighted by molar-refractivity contribution is 0.183. The van der Waals surface area contributed by atoms with Crippen LogP contribution in [-0.2, 0) is 23.1 Å². The number of aromatic nitrogens is 1. The van der Waals surface area contributed by atoms with Gasteiger partial charge in [-0.25, -0.2) is 4.98 Å². The molecule has 2 atom stereocenters. The topological polar surface area (TPSA) is 37.4 Å². The highest BCUT2D eigenvalue weighted by atomic mass is 32.1. The number of likely N-dealkylation sites (tertiary alicyclic amines) is 1. The van der Waals surface area contributed by atoms with Crippen LogP contribution in [0.15, 0.2) is 0 Å². The van der Waals surface area contributed by atoms with Crippen LogP contribution in [0.2, 0.25) is 0 Å². The second-order valence-electron chi connectivity index (χ2n) is 6.21. The van der Waals surface area contributed by atoms with Crippen LogP contribution in [0, 0.1) is 0 Å². The standard InChI is InChI=1S/C15H25N3OS/c1-11-9-15(10-18(11)2,16-7-8-19-3)14-17-12-5-4-6-13(12)20-14/h11,16H,4-10H2,1-3H3. The van der Waals surface area contributed by atoms with E-state index in [1.54, 1.807) is 7.11 Å². The number of aryl methyl sites for hydroxylation is 2. The molecule has 0 amide bonds. The third-order valence-electron chi connectivity index (χ3n) is 4.69. The summed E-state index contributed by atoms with van der Waals surface area (Å²) in [6.45, 7) is 5.00. The smallest absolute Gasteiger partial charge is 0.115 e. The summed E-state index contributed by atoms with van der Waals surface area (Å²) in [6.07, 6.45) is 4.83. The predicted octanol–water partition coefficient (Wildman–Crippen LogP) is 1.79. The number of rotatable bonds is 5. The maximum absolute atomic E-state index is 5.20. The van der Waals surface area contributed by atoms with E-state index < -0.39 is 0 Å². The van der Waals surface area contributed by atoms with Gasteiger partial charge in [0, 0.05) is 31.1 Å². The van der Waals surface area contributed by atoms with Gasteiger partial charge < -0.3 is 15.0 Å². The van der Waals surface area contributed by atoms with Crippen molar-refractivity contribution in [1.29, 1.82) is 0 Å². The summed E-state index contributed by atoms with van der Waals surface area (Å²) in [7, 11) is 3.97. The summed E-state index contributed by atoms with van der Waals surface area (Å²) in [5.74, 6) is 0. The molecule has 1 saturated heterocycles. The van der Waals surface area contributed by atoms with Gasteiger partial charge in [-0.15, -0.1) is 11.3 Å². The number of hydrogen-bond acceptors (Lipinski definition) is 5. The van der Waals surface area contributed by atoms with E-state index in [0.717, 1.165) is 26.1 Å². The van der Waals surface area contributed by atoms with E-state index in [9.17, 15) is 0 Å². The van der Waals surface area contributed by atoms with E-state index in [1.165, 1.54) is 34.8 Å². The fourth-order valence-corrected chi connectivity index (χ4v) is 4.77. The molecule has 1 N–H and O–H groups in total. The summed E-state index contributed by atoms with van der Waals surface area (Å²) >= 11 is 1.94. The van der Waals surface area contributed by atoms with Crippen molar-refractivity contribution in [2.75, 3.05) is 33.9 Å². The second-order valence-corrected chi connectivity index (χ2v) is 7.30. The Morgan fingerprint density at radius 1 is 1.50 bits per heavy atom. The van der Waals surface area contributed by atoms with Gasteiger partial charge in [-0.05, 0) is 39.7 Å². The van der Waals surface area contributed by atoms with Gasteiger partial charge in [-0.2, -0.15) is 0 Å². The molecule has 3 rings (SSSR count). The molecule has 112 valence electrons. The highest BCUT2D eigenvalue weighted by Crippen LogP contribution is 2.40. The Kier molecular flexibility index (Phi) is 4.13. The van der Waals surface area contributed by atoms with Crippen molar-refractivity contribution < 1.29 is 4.74 Å². The molecule has 1 aromatic rings. The Labute approximate surface area is 125 Å². The highest BCUT2D eigenvalue weighted by molar-refractivity contribution is 7.12. The Bertz CT molecular complexity index is 442. The number of hydrogen-bond donors (Lipinski definition) is 1. The molecule has 4 nitrogen and oxygen atoms in total. The first-order valence-corrected chi connectivity index (χ1v) is 8.39. The van der Waals surface area contributed by atoms with Crippen LogP contribution in [0.25, 0.3) is 0 Å². The summed E-state index contributed by atoms with van der Waals surface area (Å²) < 4.78 is 5.20. The fraction of sp³-hybridized carbons (Fsp3) is 0.800. The molecule has 1 aliphatic heterocycles. The van der Waals surface area contributed by atoms with E-state index in [0.29, 0.717) is 6.04 Å². The van der Waals surface area contributed by atoms with Crippen LogP contribution in [-0.4, -0.2) is 49.8 Å². The number of thiazole rings is 1. The zero-order chi connectivity index (χ0) is 14.2. The Morgan fingerprint density at radius 3 is 3.00 bits per heavy atom. The van der Waals surface area contributed by atoms with E-state index in [2.05, 4.69) is 24.2 Å². The monoisotopic (exact) mass is 295 g/mol. The average molecular weight is 295 g/mol. The second kappa shape index (κ2) is 5.72. The van der Waals surface area contributed by atoms with Crippen molar-refractivity contribution in [2.24, 2.45) is 0 Å². The first kappa shape index (κ1) is 14.4. The first-order valence-electron chi connectivity index (χ1n) is 7.58. The summed E-state index contributed by atoms with van der Waals surface area (Å²) in [6, 6.07) is 0.601. The lowest BCUT2D eigenvalue weighted by atomic mass is 9.97. The number of ether oxygens (including phenoxy) is 1. The minimum atomic E-state index is 0.0295. The minimum absolute atomic E-state index is 0.0295. The van der Waals surface area contributed by atoms with E-state index in [-0.39, 0.29) is 5.54 Å². The quantitative estimate of drug-likeness (QED) is 0.840. The highest BCUT2D eigenvalue weighted by Gasteiger charge is 2.44.